The first-order valence-electron chi connectivity index (χ1n) is 8.33. The van der Waals surface area contributed by atoms with Gasteiger partial charge in [0.1, 0.15) is 23.7 Å². The lowest BCUT2D eigenvalue weighted by molar-refractivity contribution is 0.0274. The Hall–Kier alpha value is -1.51. The zero-order valence-corrected chi connectivity index (χ0v) is 15.4. The van der Waals surface area contributed by atoms with Crippen molar-refractivity contribution in [1.29, 1.82) is 0 Å². The van der Waals surface area contributed by atoms with Crippen LogP contribution in [0, 0.1) is 12.3 Å². The maximum Gasteiger partial charge on any atom is 0.279 e. The molecule has 1 saturated carbocycles. The first-order chi connectivity index (χ1) is 11.2. The lowest BCUT2D eigenvalue weighted by Crippen LogP contribution is -2.38. The first-order valence-corrected chi connectivity index (χ1v) is 9.90. The summed E-state index contributed by atoms with van der Waals surface area (Å²) in [6.07, 6.45) is 7.71. The molecule has 0 N–H and O–H groups in total. The van der Waals surface area contributed by atoms with Gasteiger partial charge in [0.05, 0.1) is 0 Å². The van der Waals surface area contributed by atoms with Gasteiger partial charge in [-0.2, -0.15) is 8.42 Å². The van der Waals surface area contributed by atoms with Crippen molar-refractivity contribution in [3.8, 4) is 18.1 Å². The standard InChI is InChI=1S/C19H26O4S/c1-5-14-24(20,21)23-18-9-7-6-8-17(18)22-16-12-10-15(11-13-16)19(2,3)4/h1,10-13,17-18H,6-9,14H2,2-4H3. The van der Waals surface area contributed by atoms with Gasteiger partial charge in [0, 0.05) is 0 Å². The topological polar surface area (TPSA) is 52.6 Å². The second kappa shape index (κ2) is 7.58. The SMILES string of the molecule is C#CCS(=O)(=O)OC1CCCCC1Oc1ccc(C(C)(C)C)cc1. The van der Waals surface area contributed by atoms with Crippen LogP contribution in [0.2, 0.25) is 0 Å². The molecule has 0 aromatic heterocycles. The van der Waals surface area contributed by atoms with Gasteiger partial charge in [-0.3, -0.25) is 4.18 Å². The summed E-state index contributed by atoms with van der Waals surface area (Å²) in [5.74, 6) is 2.46. The van der Waals surface area contributed by atoms with Crippen LogP contribution in [0.5, 0.6) is 5.75 Å². The molecule has 2 atom stereocenters. The van der Waals surface area contributed by atoms with Crippen LogP contribution < -0.4 is 4.74 Å². The van der Waals surface area contributed by atoms with Crippen molar-refractivity contribution < 1.29 is 17.3 Å². The normalized spacial score (nSPS) is 21.9. The molecule has 1 aromatic carbocycles. The summed E-state index contributed by atoms with van der Waals surface area (Å²) < 4.78 is 35.0. The molecular weight excluding hydrogens is 324 g/mol. The molecular formula is C19H26O4S. The molecule has 5 heteroatoms. The Balaban J connectivity index is 2.07. The third-order valence-electron chi connectivity index (χ3n) is 4.18. The van der Waals surface area contributed by atoms with Crippen LogP contribution >= 0.6 is 0 Å². The van der Waals surface area contributed by atoms with Gasteiger partial charge in [-0.15, -0.1) is 6.42 Å². The molecule has 1 fully saturated rings. The summed E-state index contributed by atoms with van der Waals surface area (Å²) >= 11 is 0. The number of hydrogen-bond donors (Lipinski definition) is 0. The van der Waals surface area contributed by atoms with Gasteiger partial charge in [0.25, 0.3) is 10.1 Å². The lowest BCUT2D eigenvalue weighted by Gasteiger charge is -2.31. The van der Waals surface area contributed by atoms with Gasteiger partial charge in [0.15, 0.2) is 0 Å². The molecule has 0 heterocycles. The summed E-state index contributed by atoms with van der Waals surface area (Å²) in [5.41, 5.74) is 1.31. The quantitative estimate of drug-likeness (QED) is 0.601. The van der Waals surface area contributed by atoms with Gasteiger partial charge in [-0.25, -0.2) is 0 Å². The Morgan fingerprint density at radius 3 is 2.25 bits per heavy atom. The fourth-order valence-corrected chi connectivity index (χ4v) is 3.71. The number of ether oxygens (including phenoxy) is 1. The predicted octanol–water partition coefficient (Wildman–Crippen LogP) is 3.65. The monoisotopic (exact) mass is 350 g/mol. The lowest BCUT2D eigenvalue weighted by atomic mass is 9.87. The minimum Gasteiger partial charge on any atom is -0.488 e. The summed E-state index contributed by atoms with van der Waals surface area (Å²) in [4.78, 5) is 0. The maximum absolute atomic E-state index is 11.8. The Morgan fingerprint density at radius 2 is 1.71 bits per heavy atom. The van der Waals surface area contributed by atoms with E-state index in [0.29, 0.717) is 6.42 Å². The minimum atomic E-state index is -3.70. The zero-order valence-electron chi connectivity index (χ0n) is 14.6. The number of hydrogen-bond acceptors (Lipinski definition) is 4. The van der Waals surface area contributed by atoms with Crippen molar-refractivity contribution in [2.45, 2.75) is 64.1 Å². The molecule has 0 radical (unpaired) electrons. The fraction of sp³-hybridized carbons (Fsp3) is 0.579. The molecule has 0 saturated heterocycles. The molecule has 0 bridgehead atoms. The van der Waals surface area contributed by atoms with Crippen molar-refractivity contribution in [3.05, 3.63) is 29.8 Å². The highest BCUT2D eigenvalue weighted by atomic mass is 32.2. The number of rotatable bonds is 5. The van der Waals surface area contributed by atoms with Crippen molar-refractivity contribution in [3.63, 3.8) is 0 Å². The largest absolute Gasteiger partial charge is 0.488 e. The van der Waals surface area contributed by atoms with E-state index >= 15 is 0 Å². The smallest absolute Gasteiger partial charge is 0.279 e. The van der Waals surface area contributed by atoms with Crippen LogP contribution in [0.4, 0.5) is 0 Å². The maximum atomic E-state index is 11.8. The highest BCUT2D eigenvalue weighted by Gasteiger charge is 2.31. The summed E-state index contributed by atoms with van der Waals surface area (Å²) in [6.45, 7) is 6.47. The van der Waals surface area contributed by atoms with Crippen LogP contribution in [0.3, 0.4) is 0 Å². The summed E-state index contributed by atoms with van der Waals surface area (Å²) in [5, 5.41) is 0. The summed E-state index contributed by atoms with van der Waals surface area (Å²) in [6, 6.07) is 7.95. The third kappa shape index (κ3) is 5.25. The van der Waals surface area contributed by atoms with Gasteiger partial charge in [-0.05, 0) is 42.4 Å². The van der Waals surface area contributed by atoms with Crippen molar-refractivity contribution in [1.82, 2.24) is 0 Å². The Labute approximate surface area is 145 Å². The van der Waals surface area contributed by atoms with Crippen molar-refractivity contribution in [2.75, 3.05) is 5.75 Å². The average molecular weight is 350 g/mol. The molecule has 2 unspecified atom stereocenters. The van der Waals surface area contributed by atoms with E-state index < -0.39 is 22.0 Å². The average Bonchev–Trinajstić information content (AvgIpc) is 2.48. The molecule has 0 aliphatic heterocycles. The second-order valence-electron chi connectivity index (χ2n) is 7.26. The van der Waals surface area contributed by atoms with Crippen LogP contribution in [-0.4, -0.2) is 26.4 Å². The van der Waals surface area contributed by atoms with E-state index in [2.05, 4.69) is 26.7 Å². The third-order valence-corrected chi connectivity index (χ3v) is 5.24. The van der Waals surface area contributed by atoms with E-state index in [9.17, 15) is 8.42 Å². The Morgan fingerprint density at radius 1 is 1.12 bits per heavy atom. The summed E-state index contributed by atoms with van der Waals surface area (Å²) in [7, 11) is -3.70. The Kier molecular flexibility index (Phi) is 5.95. The molecule has 1 aliphatic rings. The van der Waals surface area contributed by atoms with E-state index in [1.54, 1.807) is 0 Å². The van der Waals surface area contributed by atoms with Gasteiger partial charge in [0.2, 0.25) is 0 Å². The molecule has 0 amide bonds. The second-order valence-corrected chi connectivity index (χ2v) is 8.85. The molecule has 132 valence electrons. The van der Waals surface area contributed by atoms with E-state index in [1.165, 1.54) is 5.56 Å². The molecule has 0 spiro atoms. The van der Waals surface area contributed by atoms with Gasteiger partial charge in [-0.1, -0.05) is 45.2 Å². The van der Waals surface area contributed by atoms with Crippen LogP contribution in [0.1, 0.15) is 52.0 Å². The number of terminal acetylenes is 1. The van der Waals surface area contributed by atoms with Crippen LogP contribution in [0.15, 0.2) is 24.3 Å². The van der Waals surface area contributed by atoms with Crippen molar-refractivity contribution in [2.24, 2.45) is 0 Å². The van der Waals surface area contributed by atoms with Crippen molar-refractivity contribution >= 4 is 10.1 Å². The van der Waals surface area contributed by atoms with Crippen LogP contribution in [-0.2, 0) is 19.7 Å². The highest BCUT2D eigenvalue weighted by Crippen LogP contribution is 2.29. The van der Waals surface area contributed by atoms with E-state index in [0.717, 1.165) is 25.0 Å². The van der Waals surface area contributed by atoms with Gasteiger partial charge >= 0.3 is 0 Å². The first kappa shape index (κ1) is 18.8. The molecule has 1 aliphatic carbocycles. The van der Waals surface area contributed by atoms with E-state index in [-0.39, 0.29) is 11.5 Å². The minimum absolute atomic E-state index is 0.0817. The van der Waals surface area contributed by atoms with Crippen LogP contribution in [0.25, 0.3) is 0 Å². The van der Waals surface area contributed by atoms with Gasteiger partial charge < -0.3 is 4.74 Å². The molecule has 2 rings (SSSR count). The number of benzene rings is 1. The van der Waals surface area contributed by atoms with E-state index in [1.807, 2.05) is 24.3 Å². The molecule has 1 aromatic rings. The molecule has 24 heavy (non-hydrogen) atoms. The Bertz CT molecular complexity index is 678. The predicted molar refractivity (Wildman–Crippen MR) is 95.5 cm³/mol. The van der Waals surface area contributed by atoms with E-state index in [4.69, 9.17) is 15.3 Å². The molecule has 4 nitrogen and oxygen atoms in total. The highest BCUT2D eigenvalue weighted by molar-refractivity contribution is 7.86. The zero-order chi connectivity index (χ0) is 17.8. The fourth-order valence-electron chi connectivity index (χ4n) is 2.84.